The van der Waals surface area contributed by atoms with Crippen LogP contribution in [0.2, 0.25) is 0 Å². The Hall–Kier alpha value is -1.03. The second-order valence-corrected chi connectivity index (χ2v) is 2.91. The predicted molar refractivity (Wildman–Crippen MR) is 50.0 cm³/mol. The molecule has 0 fully saturated rings. The molecular formula is C8H6BrN3. The van der Waals surface area contributed by atoms with E-state index in [1.165, 1.54) is 0 Å². The van der Waals surface area contributed by atoms with Crippen molar-refractivity contribution in [1.82, 2.24) is 15.2 Å². The minimum Gasteiger partial charge on any atom is -0.228 e. The number of hydrogen-bond donors (Lipinski definition) is 0. The fourth-order valence-corrected chi connectivity index (χ4v) is 1.21. The van der Waals surface area contributed by atoms with Gasteiger partial charge in [0.25, 0.3) is 0 Å². The lowest BCUT2D eigenvalue weighted by atomic mass is 10.3. The van der Waals surface area contributed by atoms with Gasteiger partial charge in [0.1, 0.15) is 5.52 Å². The summed E-state index contributed by atoms with van der Waals surface area (Å²) >= 11 is 3.28. The van der Waals surface area contributed by atoms with Crippen molar-refractivity contribution in [3.05, 3.63) is 30.1 Å². The molecule has 4 heteroatoms. The first-order chi connectivity index (χ1) is 5.90. The van der Waals surface area contributed by atoms with Crippen LogP contribution in [-0.4, -0.2) is 15.2 Å². The van der Waals surface area contributed by atoms with Crippen molar-refractivity contribution in [3.63, 3.8) is 0 Å². The average molecular weight is 224 g/mol. The molecular weight excluding hydrogens is 218 g/mol. The quantitative estimate of drug-likeness (QED) is 0.694. The summed E-state index contributed by atoms with van der Waals surface area (Å²) in [6, 6.07) is 7.69. The molecule has 0 atom stereocenters. The molecule has 0 unspecified atom stereocenters. The summed E-state index contributed by atoms with van der Waals surface area (Å²) in [5.41, 5.74) is 1.73. The fraction of sp³-hybridized carbons (Fsp3) is 0.125. The summed E-state index contributed by atoms with van der Waals surface area (Å²) in [6.07, 6.45) is 0. The zero-order valence-electron chi connectivity index (χ0n) is 6.24. The lowest BCUT2D eigenvalue weighted by Gasteiger charge is -1.95. The van der Waals surface area contributed by atoms with Crippen molar-refractivity contribution < 1.29 is 0 Å². The number of fused-ring (bicyclic) bond motifs is 1. The molecule has 0 saturated carbocycles. The predicted octanol–water partition coefficient (Wildman–Crippen LogP) is 1.92. The van der Waals surface area contributed by atoms with Gasteiger partial charge in [-0.05, 0) is 12.1 Å². The second kappa shape index (κ2) is 3.15. The highest BCUT2D eigenvalue weighted by atomic mass is 79.9. The smallest absolute Gasteiger partial charge is 0.162 e. The van der Waals surface area contributed by atoms with E-state index in [9.17, 15) is 0 Å². The molecule has 12 heavy (non-hydrogen) atoms. The number of halogens is 1. The fourth-order valence-electron chi connectivity index (χ4n) is 0.973. The van der Waals surface area contributed by atoms with Gasteiger partial charge in [0.15, 0.2) is 5.82 Å². The number of nitrogens with zero attached hydrogens (tertiary/aromatic N) is 3. The van der Waals surface area contributed by atoms with Gasteiger partial charge in [0.2, 0.25) is 0 Å². The summed E-state index contributed by atoms with van der Waals surface area (Å²) in [7, 11) is 0. The van der Waals surface area contributed by atoms with Gasteiger partial charge in [-0.2, -0.15) is 0 Å². The summed E-state index contributed by atoms with van der Waals surface area (Å²) in [6.45, 7) is 0. The van der Waals surface area contributed by atoms with Crippen molar-refractivity contribution in [2.75, 3.05) is 0 Å². The normalized spacial score (nSPS) is 10.4. The van der Waals surface area contributed by atoms with Gasteiger partial charge in [-0.25, -0.2) is 4.98 Å². The number of alkyl halides is 1. The van der Waals surface area contributed by atoms with Crippen LogP contribution in [0.4, 0.5) is 0 Å². The van der Waals surface area contributed by atoms with Crippen molar-refractivity contribution in [1.29, 1.82) is 0 Å². The Morgan fingerprint density at radius 2 is 1.83 bits per heavy atom. The van der Waals surface area contributed by atoms with Crippen LogP contribution in [0.3, 0.4) is 0 Å². The monoisotopic (exact) mass is 223 g/mol. The second-order valence-electron chi connectivity index (χ2n) is 2.35. The zero-order valence-corrected chi connectivity index (χ0v) is 7.82. The van der Waals surface area contributed by atoms with Crippen LogP contribution in [0.25, 0.3) is 11.0 Å². The summed E-state index contributed by atoms with van der Waals surface area (Å²) in [5, 5.41) is 8.57. The molecule has 1 aromatic heterocycles. The van der Waals surface area contributed by atoms with Gasteiger partial charge in [-0.15, -0.1) is 10.2 Å². The van der Waals surface area contributed by atoms with E-state index in [1.54, 1.807) is 0 Å². The molecule has 2 aromatic rings. The first kappa shape index (κ1) is 7.61. The van der Waals surface area contributed by atoms with Crippen molar-refractivity contribution in [2.45, 2.75) is 5.33 Å². The Morgan fingerprint density at radius 3 is 2.58 bits per heavy atom. The van der Waals surface area contributed by atoms with E-state index in [0.717, 1.165) is 11.0 Å². The average Bonchev–Trinajstić information content (AvgIpc) is 2.17. The van der Waals surface area contributed by atoms with Crippen molar-refractivity contribution in [2.24, 2.45) is 0 Å². The molecule has 3 nitrogen and oxygen atoms in total. The highest BCUT2D eigenvalue weighted by molar-refractivity contribution is 9.08. The van der Waals surface area contributed by atoms with E-state index in [4.69, 9.17) is 0 Å². The summed E-state index contributed by atoms with van der Waals surface area (Å²) in [4.78, 5) is 4.27. The Kier molecular flexibility index (Phi) is 1.99. The van der Waals surface area contributed by atoms with E-state index in [0.29, 0.717) is 11.2 Å². The Bertz CT molecular complexity index is 402. The lowest BCUT2D eigenvalue weighted by molar-refractivity contribution is 0.944. The standard InChI is InChI=1S/C8H6BrN3/c9-5-8-10-6-3-1-2-4-7(6)11-12-8/h1-4H,5H2. The summed E-state index contributed by atoms with van der Waals surface area (Å²) < 4.78 is 0. The number of rotatable bonds is 1. The van der Waals surface area contributed by atoms with Crippen molar-refractivity contribution >= 4 is 27.0 Å². The largest absolute Gasteiger partial charge is 0.228 e. The third-order valence-electron chi connectivity index (χ3n) is 1.52. The number of benzene rings is 1. The SMILES string of the molecule is BrCc1nnc2ccccc2n1. The van der Waals surface area contributed by atoms with Crippen LogP contribution in [0.5, 0.6) is 0 Å². The van der Waals surface area contributed by atoms with Gasteiger partial charge < -0.3 is 0 Å². The van der Waals surface area contributed by atoms with Crippen LogP contribution in [0.15, 0.2) is 24.3 Å². The zero-order chi connectivity index (χ0) is 8.39. The van der Waals surface area contributed by atoms with E-state index in [1.807, 2.05) is 24.3 Å². The maximum atomic E-state index is 4.27. The Balaban J connectivity index is 2.67. The number of para-hydroxylation sites is 1. The number of hydrogen-bond acceptors (Lipinski definition) is 3. The Morgan fingerprint density at radius 1 is 1.08 bits per heavy atom. The van der Waals surface area contributed by atoms with E-state index >= 15 is 0 Å². The Labute approximate surface area is 78.0 Å². The van der Waals surface area contributed by atoms with E-state index in [-0.39, 0.29) is 0 Å². The molecule has 0 bridgehead atoms. The first-order valence-electron chi connectivity index (χ1n) is 3.54. The van der Waals surface area contributed by atoms with E-state index in [2.05, 4.69) is 31.1 Å². The molecule has 2 rings (SSSR count). The molecule has 0 saturated heterocycles. The third-order valence-corrected chi connectivity index (χ3v) is 2.03. The molecule has 0 amide bonds. The molecule has 0 aliphatic heterocycles. The summed E-state index contributed by atoms with van der Waals surface area (Å²) in [5.74, 6) is 0.716. The highest BCUT2D eigenvalue weighted by Gasteiger charge is 1.97. The van der Waals surface area contributed by atoms with Gasteiger partial charge in [-0.3, -0.25) is 0 Å². The maximum absolute atomic E-state index is 4.27. The van der Waals surface area contributed by atoms with Gasteiger partial charge in [-0.1, -0.05) is 28.1 Å². The van der Waals surface area contributed by atoms with Crippen LogP contribution in [0, 0.1) is 0 Å². The van der Waals surface area contributed by atoms with Crippen LogP contribution in [-0.2, 0) is 5.33 Å². The number of aromatic nitrogens is 3. The van der Waals surface area contributed by atoms with Gasteiger partial charge in [0, 0.05) is 0 Å². The molecule has 0 N–H and O–H groups in total. The molecule has 60 valence electrons. The topological polar surface area (TPSA) is 38.7 Å². The molecule has 0 radical (unpaired) electrons. The van der Waals surface area contributed by atoms with Crippen LogP contribution < -0.4 is 0 Å². The highest BCUT2D eigenvalue weighted by Crippen LogP contribution is 2.07. The van der Waals surface area contributed by atoms with E-state index < -0.39 is 0 Å². The lowest BCUT2D eigenvalue weighted by Crippen LogP contribution is -1.94. The molecule has 1 aromatic carbocycles. The van der Waals surface area contributed by atoms with Crippen LogP contribution in [0.1, 0.15) is 5.82 Å². The van der Waals surface area contributed by atoms with Crippen molar-refractivity contribution in [3.8, 4) is 0 Å². The first-order valence-corrected chi connectivity index (χ1v) is 4.66. The minimum absolute atomic E-state index is 0.644. The van der Waals surface area contributed by atoms with Gasteiger partial charge in [0.05, 0.1) is 10.8 Å². The molecule has 0 spiro atoms. The minimum atomic E-state index is 0.644. The van der Waals surface area contributed by atoms with Crippen LogP contribution >= 0.6 is 15.9 Å². The third kappa shape index (κ3) is 1.30. The van der Waals surface area contributed by atoms with Gasteiger partial charge >= 0.3 is 0 Å². The molecule has 0 aliphatic carbocycles. The maximum Gasteiger partial charge on any atom is 0.162 e. The molecule has 1 heterocycles. The molecule has 0 aliphatic rings.